The first kappa shape index (κ1) is 22.2. The number of halogens is 1. The van der Waals surface area contributed by atoms with E-state index in [2.05, 4.69) is 22.3 Å². The van der Waals surface area contributed by atoms with E-state index in [9.17, 15) is 14.0 Å². The predicted octanol–water partition coefficient (Wildman–Crippen LogP) is 4.28. The highest BCUT2D eigenvalue weighted by molar-refractivity contribution is 5.94. The molecule has 0 radical (unpaired) electrons. The Balaban J connectivity index is 1.67. The molecule has 1 amide bonds. The molecule has 0 saturated heterocycles. The molecule has 0 saturated carbocycles. The number of hydrogen-bond acceptors (Lipinski definition) is 4. The van der Waals surface area contributed by atoms with Gasteiger partial charge in [-0.05, 0) is 48.2 Å². The van der Waals surface area contributed by atoms with Crippen LogP contribution in [0.15, 0.2) is 97.0 Å². The summed E-state index contributed by atoms with van der Waals surface area (Å²) in [5.74, 6) is 1.17. The molecule has 2 unspecified atom stereocenters. The van der Waals surface area contributed by atoms with Gasteiger partial charge in [-0.1, -0.05) is 54.6 Å². The number of aromatic nitrogens is 1. The zero-order chi connectivity index (χ0) is 23.0. The molecule has 3 aromatic rings. The number of rotatable bonds is 7. The second-order valence-corrected chi connectivity index (χ2v) is 7.88. The van der Waals surface area contributed by atoms with Crippen molar-refractivity contribution in [3.8, 4) is 0 Å². The van der Waals surface area contributed by atoms with E-state index < -0.39 is 17.8 Å². The van der Waals surface area contributed by atoms with Crippen LogP contribution in [0.3, 0.4) is 0 Å². The average Bonchev–Trinajstić information content (AvgIpc) is 2.86. The van der Waals surface area contributed by atoms with E-state index in [0.717, 1.165) is 11.1 Å². The standard InChI is InChI=1S/C27H24FN3O2/c28-23-12-6-10-21(17-23)27(33)30-24(16-20-8-2-1-3-9-20)26(19-32)31-15-5-4-13-25(31)22-11-7-14-29-18-22/h1-12,14,17-18,24-25H,13,15-16H2,(H,30,33). The molecule has 0 aliphatic carbocycles. The number of hydrogen-bond donors (Lipinski definition) is 1. The molecule has 33 heavy (non-hydrogen) atoms. The van der Waals surface area contributed by atoms with Crippen molar-refractivity contribution in [3.05, 3.63) is 119 Å². The van der Waals surface area contributed by atoms with E-state index in [0.29, 0.717) is 25.1 Å². The minimum atomic E-state index is -0.647. The maximum Gasteiger partial charge on any atom is 0.251 e. The lowest BCUT2D eigenvalue weighted by Gasteiger charge is -2.38. The van der Waals surface area contributed by atoms with E-state index in [1.54, 1.807) is 18.5 Å². The molecule has 2 heterocycles. The first-order valence-corrected chi connectivity index (χ1v) is 10.8. The smallest absolute Gasteiger partial charge is 0.251 e. The van der Waals surface area contributed by atoms with Crippen molar-refractivity contribution in [1.82, 2.24) is 15.2 Å². The van der Waals surface area contributed by atoms with Crippen LogP contribution >= 0.6 is 0 Å². The van der Waals surface area contributed by atoms with Crippen molar-refractivity contribution >= 4 is 11.8 Å². The van der Waals surface area contributed by atoms with Crippen molar-refractivity contribution in [2.75, 3.05) is 6.54 Å². The van der Waals surface area contributed by atoms with Crippen molar-refractivity contribution in [3.63, 3.8) is 0 Å². The lowest BCUT2D eigenvalue weighted by atomic mass is 9.96. The fraction of sp³-hybridized carbons (Fsp3) is 0.185. The van der Waals surface area contributed by atoms with E-state index in [1.807, 2.05) is 53.4 Å². The topological polar surface area (TPSA) is 62.3 Å². The van der Waals surface area contributed by atoms with Gasteiger partial charge in [-0.15, -0.1) is 0 Å². The Morgan fingerprint density at radius 2 is 1.97 bits per heavy atom. The number of benzene rings is 2. The fourth-order valence-corrected chi connectivity index (χ4v) is 4.09. The lowest BCUT2D eigenvalue weighted by Crippen LogP contribution is -2.45. The minimum Gasteiger partial charge on any atom is -0.353 e. The zero-order valence-corrected chi connectivity index (χ0v) is 18.0. The first-order valence-electron chi connectivity index (χ1n) is 10.8. The van der Waals surface area contributed by atoms with Crippen LogP contribution in [0.2, 0.25) is 0 Å². The molecule has 1 aliphatic heterocycles. The second-order valence-electron chi connectivity index (χ2n) is 7.88. The van der Waals surface area contributed by atoms with Crippen molar-refractivity contribution in [2.45, 2.75) is 24.9 Å². The van der Waals surface area contributed by atoms with Gasteiger partial charge in [-0.3, -0.25) is 9.78 Å². The summed E-state index contributed by atoms with van der Waals surface area (Å²) in [5, 5.41) is 2.94. The normalized spacial score (nSPS) is 16.0. The van der Waals surface area contributed by atoms with Crippen LogP contribution in [-0.4, -0.2) is 34.3 Å². The fourth-order valence-electron chi connectivity index (χ4n) is 4.09. The molecule has 6 heteroatoms. The number of nitrogens with one attached hydrogen (secondary N) is 1. The van der Waals surface area contributed by atoms with Crippen LogP contribution in [0.1, 0.15) is 33.9 Å². The van der Waals surface area contributed by atoms with Gasteiger partial charge in [0.1, 0.15) is 17.5 Å². The summed E-state index contributed by atoms with van der Waals surface area (Å²) in [7, 11) is 0. The molecule has 166 valence electrons. The van der Waals surface area contributed by atoms with Gasteiger partial charge in [0.2, 0.25) is 0 Å². The quantitative estimate of drug-likeness (QED) is 0.439. The van der Waals surface area contributed by atoms with Gasteiger partial charge in [0, 0.05) is 24.5 Å². The summed E-state index contributed by atoms with van der Waals surface area (Å²) in [6, 6.07) is 18.2. The molecule has 1 N–H and O–H groups in total. The second kappa shape index (κ2) is 10.5. The summed E-state index contributed by atoms with van der Waals surface area (Å²) in [5.41, 5.74) is 2.48. The summed E-state index contributed by atoms with van der Waals surface area (Å²) in [6.45, 7) is 0.505. The number of nitrogens with zero attached hydrogens (tertiary/aromatic N) is 2. The highest BCUT2D eigenvalue weighted by atomic mass is 19.1. The first-order chi connectivity index (χ1) is 16.2. The number of pyridine rings is 1. The van der Waals surface area contributed by atoms with Gasteiger partial charge in [-0.2, -0.15) is 0 Å². The minimum absolute atomic E-state index is 0.107. The molecule has 2 aromatic carbocycles. The number of amides is 1. The van der Waals surface area contributed by atoms with E-state index in [-0.39, 0.29) is 11.6 Å². The van der Waals surface area contributed by atoms with Gasteiger partial charge < -0.3 is 10.2 Å². The molecule has 1 aliphatic rings. The lowest BCUT2D eigenvalue weighted by molar-refractivity contribution is 0.0934. The third-order valence-corrected chi connectivity index (χ3v) is 5.69. The van der Waals surface area contributed by atoms with Crippen LogP contribution in [-0.2, 0) is 11.2 Å². The monoisotopic (exact) mass is 441 g/mol. The molecule has 0 spiro atoms. The Morgan fingerprint density at radius 3 is 2.70 bits per heavy atom. The Morgan fingerprint density at radius 1 is 1.12 bits per heavy atom. The third-order valence-electron chi connectivity index (χ3n) is 5.69. The van der Waals surface area contributed by atoms with Crippen LogP contribution in [0.4, 0.5) is 4.39 Å². The van der Waals surface area contributed by atoms with Crippen LogP contribution in [0.25, 0.3) is 0 Å². The molecular formula is C27H24FN3O2. The Bertz CT molecular complexity index is 1170. The Kier molecular flexibility index (Phi) is 7.08. The Labute approximate surface area is 192 Å². The van der Waals surface area contributed by atoms with Gasteiger partial charge in [0.05, 0.1) is 12.1 Å². The third kappa shape index (κ3) is 5.43. The maximum atomic E-state index is 13.7. The predicted molar refractivity (Wildman–Crippen MR) is 124 cm³/mol. The van der Waals surface area contributed by atoms with Crippen LogP contribution in [0, 0.1) is 5.82 Å². The van der Waals surface area contributed by atoms with Crippen LogP contribution < -0.4 is 5.32 Å². The summed E-state index contributed by atoms with van der Waals surface area (Å²) >= 11 is 0. The highest BCUT2D eigenvalue weighted by Gasteiger charge is 2.30. The largest absolute Gasteiger partial charge is 0.353 e. The highest BCUT2D eigenvalue weighted by Crippen LogP contribution is 2.31. The van der Waals surface area contributed by atoms with Crippen molar-refractivity contribution in [2.24, 2.45) is 0 Å². The van der Waals surface area contributed by atoms with Gasteiger partial charge in [0.15, 0.2) is 0 Å². The molecule has 1 aromatic heterocycles. The van der Waals surface area contributed by atoms with Crippen molar-refractivity contribution < 1.29 is 14.0 Å². The summed E-state index contributed by atoms with van der Waals surface area (Å²) in [6.07, 6.45) is 8.67. The van der Waals surface area contributed by atoms with E-state index in [4.69, 9.17) is 0 Å². The molecule has 2 atom stereocenters. The SMILES string of the molecule is O=C=C(C(Cc1ccccc1)NC(=O)c1cccc(F)c1)N1CC=CCC1c1cccnc1. The molecule has 0 fully saturated rings. The average molecular weight is 442 g/mol. The van der Waals surface area contributed by atoms with Gasteiger partial charge in [-0.25, -0.2) is 9.18 Å². The van der Waals surface area contributed by atoms with Crippen molar-refractivity contribution in [1.29, 1.82) is 0 Å². The molecular weight excluding hydrogens is 417 g/mol. The van der Waals surface area contributed by atoms with Crippen LogP contribution in [0.5, 0.6) is 0 Å². The summed E-state index contributed by atoms with van der Waals surface area (Å²) in [4.78, 5) is 31.5. The zero-order valence-electron chi connectivity index (χ0n) is 18.0. The Hall–Kier alpha value is -4.02. The number of carbonyl (C=O) groups excluding carboxylic acids is 2. The van der Waals surface area contributed by atoms with Gasteiger partial charge in [0.25, 0.3) is 5.91 Å². The van der Waals surface area contributed by atoms with E-state index >= 15 is 0 Å². The molecule has 5 nitrogen and oxygen atoms in total. The maximum absolute atomic E-state index is 13.7. The molecule has 4 rings (SSSR count). The van der Waals surface area contributed by atoms with E-state index in [1.165, 1.54) is 18.2 Å². The number of carbonyl (C=O) groups is 1. The molecule has 0 bridgehead atoms. The summed E-state index contributed by atoms with van der Waals surface area (Å²) < 4.78 is 13.7. The van der Waals surface area contributed by atoms with Gasteiger partial charge >= 0.3 is 0 Å².